The molecule has 0 aromatic heterocycles. The van der Waals surface area contributed by atoms with E-state index >= 15 is 0 Å². The van der Waals surface area contributed by atoms with Gasteiger partial charge in [-0.1, -0.05) is 0 Å². The van der Waals surface area contributed by atoms with Crippen LogP contribution in [-0.4, -0.2) is 11.4 Å². The van der Waals surface area contributed by atoms with Crippen LogP contribution in [0.1, 0.15) is 27.7 Å². The number of aliphatic imine (C=N–C) groups is 2. The summed E-state index contributed by atoms with van der Waals surface area (Å²) in [6.07, 6.45) is 0. The minimum absolute atomic E-state index is 0.819. The van der Waals surface area contributed by atoms with E-state index < -0.39 is 0 Å². The van der Waals surface area contributed by atoms with Gasteiger partial charge in [0.1, 0.15) is 0 Å². The highest BCUT2D eigenvalue weighted by Gasteiger charge is 2.04. The lowest BCUT2D eigenvalue weighted by Gasteiger charge is -2.05. The standard InChI is InChI=1S/C12H16N2S2/c1-7(2)13-9-5-12(16)10(6-11(9)15)14-8(3)4/h5-6,15-16H,1-4H3. The highest BCUT2D eigenvalue weighted by molar-refractivity contribution is 7.81. The second-order valence-corrected chi connectivity index (χ2v) is 4.91. The predicted octanol–water partition coefficient (Wildman–Crippen LogP) is 4.49. The van der Waals surface area contributed by atoms with Gasteiger partial charge in [0.05, 0.1) is 11.4 Å². The molecule has 0 atom stereocenters. The molecular weight excluding hydrogens is 236 g/mol. The molecule has 0 fully saturated rings. The van der Waals surface area contributed by atoms with Crippen LogP contribution in [0.5, 0.6) is 0 Å². The smallest absolute Gasteiger partial charge is 0.0774 e. The van der Waals surface area contributed by atoms with Gasteiger partial charge in [0.25, 0.3) is 0 Å². The van der Waals surface area contributed by atoms with Crippen molar-refractivity contribution in [3.8, 4) is 0 Å². The summed E-state index contributed by atoms with van der Waals surface area (Å²) < 4.78 is 0. The molecule has 0 aliphatic carbocycles. The molecule has 0 bridgehead atoms. The van der Waals surface area contributed by atoms with E-state index in [1.807, 2.05) is 39.8 Å². The Morgan fingerprint density at radius 2 is 1.12 bits per heavy atom. The van der Waals surface area contributed by atoms with Crippen LogP contribution >= 0.6 is 25.3 Å². The lowest BCUT2D eigenvalue weighted by atomic mass is 10.2. The molecule has 2 nitrogen and oxygen atoms in total. The van der Waals surface area contributed by atoms with Crippen LogP contribution in [0, 0.1) is 0 Å². The molecule has 4 heteroatoms. The number of thiol groups is 2. The van der Waals surface area contributed by atoms with Gasteiger partial charge in [-0.25, -0.2) is 0 Å². The Labute approximate surface area is 108 Å². The lowest BCUT2D eigenvalue weighted by molar-refractivity contribution is 1.27. The zero-order valence-corrected chi connectivity index (χ0v) is 11.7. The summed E-state index contributed by atoms with van der Waals surface area (Å²) in [7, 11) is 0. The second kappa shape index (κ2) is 5.55. The van der Waals surface area contributed by atoms with Crippen molar-refractivity contribution in [3.05, 3.63) is 12.1 Å². The zero-order valence-electron chi connectivity index (χ0n) is 9.94. The molecular formula is C12H16N2S2. The van der Waals surface area contributed by atoms with Gasteiger partial charge in [-0.05, 0) is 39.8 Å². The molecule has 1 aromatic carbocycles. The van der Waals surface area contributed by atoms with Crippen LogP contribution in [0.25, 0.3) is 0 Å². The Morgan fingerprint density at radius 1 is 0.812 bits per heavy atom. The van der Waals surface area contributed by atoms with Crippen molar-refractivity contribution in [1.82, 2.24) is 0 Å². The van der Waals surface area contributed by atoms with Crippen LogP contribution in [0.2, 0.25) is 0 Å². The van der Waals surface area contributed by atoms with Crippen molar-refractivity contribution in [2.45, 2.75) is 37.5 Å². The third-order valence-corrected chi connectivity index (χ3v) is 2.48. The van der Waals surface area contributed by atoms with E-state index in [0.717, 1.165) is 32.6 Å². The fourth-order valence-corrected chi connectivity index (χ4v) is 1.69. The Morgan fingerprint density at radius 3 is 1.38 bits per heavy atom. The molecule has 0 unspecified atom stereocenters. The third-order valence-electron chi connectivity index (χ3n) is 1.76. The van der Waals surface area contributed by atoms with E-state index in [0.29, 0.717) is 0 Å². The average molecular weight is 252 g/mol. The summed E-state index contributed by atoms with van der Waals surface area (Å²) in [6.45, 7) is 7.81. The fraction of sp³-hybridized carbons (Fsp3) is 0.333. The molecule has 0 aliphatic rings. The predicted molar refractivity (Wildman–Crippen MR) is 77.8 cm³/mol. The van der Waals surface area contributed by atoms with Gasteiger partial charge in [-0.2, -0.15) is 0 Å². The van der Waals surface area contributed by atoms with Crippen LogP contribution in [0.4, 0.5) is 11.4 Å². The molecule has 0 aliphatic heterocycles. The first-order valence-corrected chi connectivity index (χ1v) is 5.89. The van der Waals surface area contributed by atoms with Gasteiger partial charge in [0.2, 0.25) is 0 Å². The molecule has 1 aromatic rings. The maximum Gasteiger partial charge on any atom is 0.0774 e. The van der Waals surface area contributed by atoms with E-state index in [1.165, 1.54) is 0 Å². The number of hydrogen-bond acceptors (Lipinski definition) is 4. The van der Waals surface area contributed by atoms with Crippen LogP contribution in [-0.2, 0) is 0 Å². The Hall–Kier alpha value is -0.740. The van der Waals surface area contributed by atoms with E-state index in [2.05, 4.69) is 35.2 Å². The lowest BCUT2D eigenvalue weighted by Crippen LogP contribution is -1.83. The van der Waals surface area contributed by atoms with Crippen LogP contribution < -0.4 is 0 Å². The quantitative estimate of drug-likeness (QED) is 0.573. The Kier molecular flexibility index (Phi) is 4.62. The highest BCUT2D eigenvalue weighted by Crippen LogP contribution is 2.34. The minimum Gasteiger partial charge on any atom is -0.257 e. The summed E-state index contributed by atoms with van der Waals surface area (Å²) in [5.41, 5.74) is 3.65. The first-order valence-electron chi connectivity index (χ1n) is 5.00. The summed E-state index contributed by atoms with van der Waals surface area (Å²) >= 11 is 8.80. The second-order valence-electron chi connectivity index (χ2n) is 3.95. The van der Waals surface area contributed by atoms with Gasteiger partial charge in [0, 0.05) is 21.2 Å². The maximum absolute atomic E-state index is 4.40. The molecule has 0 heterocycles. The number of hydrogen-bond donors (Lipinski definition) is 2. The Balaban J connectivity index is 3.27. The third kappa shape index (κ3) is 3.68. The van der Waals surface area contributed by atoms with Crippen LogP contribution in [0.15, 0.2) is 31.9 Å². The Bertz CT molecular complexity index is 411. The van der Waals surface area contributed by atoms with E-state index in [9.17, 15) is 0 Å². The van der Waals surface area contributed by atoms with Crippen molar-refractivity contribution in [3.63, 3.8) is 0 Å². The maximum atomic E-state index is 4.40. The van der Waals surface area contributed by atoms with Gasteiger partial charge in [-0.3, -0.25) is 9.98 Å². The summed E-state index contributed by atoms with van der Waals surface area (Å²) in [6, 6.07) is 3.78. The summed E-state index contributed by atoms with van der Waals surface area (Å²) in [5, 5.41) is 0. The van der Waals surface area contributed by atoms with Crippen molar-refractivity contribution < 1.29 is 0 Å². The molecule has 0 amide bonds. The zero-order chi connectivity index (χ0) is 12.3. The number of benzene rings is 1. The highest BCUT2D eigenvalue weighted by atomic mass is 32.1. The van der Waals surface area contributed by atoms with Gasteiger partial charge in [-0.15, -0.1) is 25.3 Å². The number of nitrogens with zero attached hydrogens (tertiary/aromatic N) is 2. The molecule has 0 spiro atoms. The topological polar surface area (TPSA) is 24.7 Å². The van der Waals surface area contributed by atoms with Gasteiger partial charge in [0.15, 0.2) is 0 Å². The van der Waals surface area contributed by atoms with Gasteiger partial charge < -0.3 is 0 Å². The molecule has 86 valence electrons. The molecule has 0 saturated heterocycles. The van der Waals surface area contributed by atoms with E-state index in [4.69, 9.17) is 0 Å². The SMILES string of the molecule is CC(C)=Nc1cc(S)c(N=C(C)C)cc1S. The summed E-state index contributed by atoms with van der Waals surface area (Å²) in [5.74, 6) is 0. The molecule has 0 radical (unpaired) electrons. The number of rotatable bonds is 2. The van der Waals surface area contributed by atoms with Crippen molar-refractivity contribution in [2.24, 2.45) is 9.98 Å². The average Bonchev–Trinajstić information content (AvgIpc) is 2.11. The van der Waals surface area contributed by atoms with E-state index in [1.54, 1.807) is 0 Å². The van der Waals surface area contributed by atoms with Crippen molar-refractivity contribution >= 4 is 48.1 Å². The first-order chi connectivity index (χ1) is 7.40. The molecule has 0 saturated carbocycles. The minimum atomic E-state index is 0.819. The normalized spacial score (nSPS) is 9.88. The summed E-state index contributed by atoms with van der Waals surface area (Å²) in [4.78, 5) is 10.4. The monoisotopic (exact) mass is 252 g/mol. The van der Waals surface area contributed by atoms with E-state index in [-0.39, 0.29) is 0 Å². The van der Waals surface area contributed by atoms with Crippen LogP contribution in [0.3, 0.4) is 0 Å². The molecule has 1 rings (SSSR count). The van der Waals surface area contributed by atoms with Crippen molar-refractivity contribution in [2.75, 3.05) is 0 Å². The molecule has 0 N–H and O–H groups in total. The largest absolute Gasteiger partial charge is 0.257 e. The van der Waals surface area contributed by atoms with Crippen molar-refractivity contribution in [1.29, 1.82) is 0 Å². The van der Waals surface area contributed by atoms with Gasteiger partial charge >= 0.3 is 0 Å². The fourth-order valence-electron chi connectivity index (χ4n) is 1.22. The first kappa shape index (κ1) is 13.3. The molecule has 16 heavy (non-hydrogen) atoms.